The van der Waals surface area contributed by atoms with Crippen molar-refractivity contribution in [1.29, 1.82) is 0 Å². The Morgan fingerprint density at radius 2 is 2.00 bits per heavy atom. The highest BCUT2D eigenvalue weighted by Crippen LogP contribution is 2.58. The molecular weight excluding hydrogens is 498 g/mol. The molecule has 36 heavy (non-hydrogen) atoms. The van der Waals surface area contributed by atoms with Crippen LogP contribution in [-0.2, 0) is 21.6 Å². The van der Waals surface area contributed by atoms with Crippen LogP contribution in [0.5, 0.6) is 0 Å². The molecule has 0 amide bonds. The van der Waals surface area contributed by atoms with Gasteiger partial charge in [0.05, 0.1) is 5.41 Å². The third-order valence-corrected chi connectivity index (χ3v) is 9.57. The van der Waals surface area contributed by atoms with Gasteiger partial charge in [0.1, 0.15) is 12.4 Å². The summed E-state index contributed by atoms with van der Waals surface area (Å²) in [4.78, 5) is 24.9. The van der Waals surface area contributed by atoms with Gasteiger partial charge in [0, 0.05) is 44.8 Å². The molecule has 0 spiro atoms. The van der Waals surface area contributed by atoms with E-state index < -0.39 is 24.5 Å². The SMILES string of the molecule is C[C@]1(c2noc(=O)n2COCC[Si](C)(C)C)C[C@@H]1n1c(C(=O)Cl)cc2cc(C3CCOCC3)ccc21. The van der Waals surface area contributed by atoms with Crippen LogP contribution in [0, 0.1) is 0 Å². The highest BCUT2D eigenvalue weighted by molar-refractivity contribution is 6.76. The van der Waals surface area contributed by atoms with Gasteiger partial charge in [-0.2, -0.15) is 0 Å². The molecule has 3 heterocycles. The molecule has 5 rings (SSSR count). The topological polar surface area (TPSA) is 88.5 Å². The van der Waals surface area contributed by atoms with E-state index in [9.17, 15) is 9.59 Å². The lowest BCUT2D eigenvalue weighted by Gasteiger charge is -2.22. The maximum Gasteiger partial charge on any atom is 0.443 e. The first kappa shape index (κ1) is 25.4. The third kappa shape index (κ3) is 4.86. The van der Waals surface area contributed by atoms with E-state index in [1.807, 2.05) is 17.6 Å². The van der Waals surface area contributed by atoms with Crippen LogP contribution in [0.2, 0.25) is 25.7 Å². The number of hydrogen-bond donors (Lipinski definition) is 0. The van der Waals surface area contributed by atoms with Crippen molar-refractivity contribution in [1.82, 2.24) is 14.3 Å². The molecule has 3 aromatic rings. The average Bonchev–Trinajstić information content (AvgIpc) is 3.17. The van der Waals surface area contributed by atoms with Gasteiger partial charge in [-0.15, -0.1) is 0 Å². The Bertz CT molecular complexity index is 1330. The number of hydrogen-bond acceptors (Lipinski definition) is 6. The van der Waals surface area contributed by atoms with Crippen LogP contribution >= 0.6 is 11.6 Å². The van der Waals surface area contributed by atoms with Gasteiger partial charge in [0.15, 0.2) is 5.82 Å². The molecule has 1 saturated heterocycles. The number of fused-ring (bicyclic) bond motifs is 1. The molecule has 0 radical (unpaired) electrons. The zero-order chi connectivity index (χ0) is 25.7. The molecule has 1 aliphatic carbocycles. The molecular formula is C26H34ClN3O5Si. The van der Waals surface area contributed by atoms with Crippen LogP contribution < -0.4 is 5.76 Å². The van der Waals surface area contributed by atoms with Gasteiger partial charge in [-0.25, -0.2) is 9.36 Å². The lowest BCUT2D eigenvalue weighted by molar-refractivity contribution is 0.0796. The van der Waals surface area contributed by atoms with Crippen LogP contribution in [0.4, 0.5) is 0 Å². The number of ether oxygens (including phenoxy) is 2. The molecule has 194 valence electrons. The monoisotopic (exact) mass is 531 g/mol. The van der Waals surface area contributed by atoms with Crippen molar-refractivity contribution in [2.75, 3.05) is 19.8 Å². The summed E-state index contributed by atoms with van der Waals surface area (Å²) in [6.45, 7) is 11.1. The minimum Gasteiger partial charge on any atom is -0.381 e. The molecule has 2 aliphatic rings. The Labute approximate surface area is 216 Å². The number of aromatic nitrogens is 3. The largest absolute Gasteiger partial charge is 0.443 e. The van der Waals surface area contributed by atoms with Crippen molar-refractivity contribution in [2.45, 2.75) is 76.0 Å². The summed E-state index contributed by atoms with van der Waals surface area (Å²) >= 11 is 6.05. The van der Waals surface area contributed by atoms with Crippen molar-refractivity contribution in [2.24, 2.45) is 0 Å². The van der Waals surface area contributed by atoms with Gasteiger partial charge in [0.25, 0.3) is 5.24 Å². The first-order chi connectivity index (χ1) is 17.1. The summed E-state index contributed by atoms with van der Waals surface area (Å²) in [5.41, 5.74) is 2.18. The summed E-state index contributed by atoms with van der Waals surface area (Å²) in [5.74, 6) is 0.467. The Morgan fingerprint density at radius 3 is 2.69 bits per heavy atom. The molecule has 1 aromatic carbocycles. The van der Waals surface area contributed by atoms with Crippen LogP contribution in [0.3, 0.4) is 0 Å². The Hall–Kier alpha value is -2.20. The van der Waals surface area contributed by atoms with Crippen LogP contribution in [0.1, 0.15) is 60.0 Å². The Morgan fingerprint density at radius 1 is 1.25 bits per heavy atom. The molecule has 2 aromatic heterocycles. The van der Waals surface area contributed by atoms with Crippen LogP contribution in [0.15, 0.2) is 33.6 Å². The second-order valence-electron chi connectivity index (χ2n) is 11.6. The van der Waals surface area contributed by atoms with E-state index in [2.05, 4.69) is 43.0 Å². The van der Waals surface area contributed by atoms with Gasteiger partial charge in [-0.3, -0.25) is 9.32 Å². The molecule has 1 saturated carbocycles. The van der Waals surface area contributed by atoms with E-state index in [1.165, 1.54) is 10.1 Å². The van der Waals surface area contributed by atoms with Crippen molar-refractivity contribution >= 4 is 35.8 Å². The summed E-state index contributed by atoms with van der Waals surface area (Å²) in [7, 11) is -1.24. The third-order valence-electron chi connectivity index (χ3n) is 7.68. The lowest BCUT2D eigenvalue weighted by Crippen LogP contribution is -2.26. The second-order valence-corrected chi connectivity index (χ2v) is 17.5. The van der Waals surface area contributed by atoms with E-state index in [-0.39, 0.29) is 12.8 Å². The quantitative estimate of drug-likeness (QED) is 0.212. The number of benzene rings is 1. The van der Waals surface area contributed by atoms with Gasteiger partial charge >= 0.3 is 5.76 Å². The summed E-state index contributed by atoms with van der Waals surface area (Å²) in [6.07, 6.45) is 2.70. The number of carbonyl (C=O) groups is 1. The fraction of sp³-hybridized carbons (Fsp3) is 0.577. The molecule has 2 fully saturated rings. The van der Waals surface area contributed by atoms with E-state index in [1.54, 1.807) is 0 Å². The smallest absolute Gasteiger partial charge is 0.381 e. The number of nitrogens with zero attached hydrogens (tertiary/aromatic N) is 3. The molecule has 10 heteroatoms. The van der Waals surface area contributed by atoms with E-state index in [0.717, 1.165) is 43.0 Å². The molecule has 0 bridgehead atoms. The average molecular weight is 532 g/mol. The summed E-state index contributed by atoms with van der Waals surface area (Å²) in [6, 6.07) is 9.20. The van der Waals surface area contributed by atoms with Gasteiger partial charge in [-0.05, 0) is 66.6 Å². The minimum absolute atomic E-state index is 0.0839. The van der Waals surface area contributed by atoms with E-state index >= 15 is 0 Å². The Kier molecular flexibility index (Phi) is 6.78. The van der Waals surface area contributed by atoms with Crippen molar-refractivity contribution in [3.05, 3.63) is 51.9 Å². The molecule has 1 aliphatic heterocycles. The standard InChI is InChI=1S/C26H34ClN3O5Si/c1-26(24-28-35-25(32)29(24)16-34-11-12-36(2,3)4)15-22(26)30-20-6-5-18(17-7-9-33-10-8-17)13-19(20)14-21(30)23(27)31/h5-6,13-14,17,22H,7-12,15-16H2,1-4H3/t22-,26-/m0/s1. The lowest BCUT2D eigenvalue weighted by atomic mass is 9.91. The fourth-order valence-corrected chi connectivity index (χ4v) is 6.22. The molecule has 0 N–H and O–H groups in total. The number of carbonyl (C=O) groups excluding carboxylic acids is 1. The van der Waals surface area contributed by atoms with Gasteiger partial charge in [-0.1, -0.05) is 37.8 Å². The van der Waals surface area contributed by atoms with Crippen molar-refractivity contribution < 1.29 is 18.8 Å². The van der Waals surface area contributed by atoms with Crippen LogP contribution in [-0.4, -0.2) is 47.4 Å². The highest BCUT2D eigenvalue weighted by Gasteiger charge is 2.57. The normalized spacial score (nSPS) is 22.9. The van der Waals surface area contributed by atoms with Crippen molar-refractivity contribution in [3.8, 4) is 0 Å². The second kappa shape index (κ2) is 9.59. The molecule has 2 atom stereocenters. The molecule has 8 nitrogen and oxygen atoms in total. The first-order valence-corrected chi connectivity index (χ1v) is 16.7. The zero-order valence-corrected chi connectivity index (χ0v) is 23.1. The summed E-state index contributed by atoms with van der Waals surface area (Å²) in [5, 5.41) is 4.62. The number of rotatable bonds is 9. The zero-order valence-electron chi connectivity index (χ0n) is 21.4. The Balaban J connectivity index is 1.43. The summed E-state index contributed by atoms with van der Waals surface area (Å²) < 4.78 is 19.9. The van der Waals surface area contributed by atoms with Crippen molar-refractivity contribution in [3.63, 3.8) is 0 Å². The van der Waals surface area contributed by atoms with E-state index in [4.69, 9.17) is 25.6 Å². The first-order valence-electron chi connectivity index (χ1n) is 12.7. The molecule has 0 unspecified atom stereocenters. The maximum absolute atomic E-state index is 12.5. The predicted octanol–water partition coefficient (Wildman–Crippen LogP) is 5.28. The fourth-order valence-electron chi connectivity index (χ4n) is 5.31. The van der Waals surface area contributed by atoms with Gasteiger partial charge in [0.2, 0.25) is 0 Å². The van der Waals surface area contributed by atoms with Crippen LogP contribution in [0.25, 0.3) is 10.9 Å². The minimum atomic E-state index is -1.24. The predicted molar refractivity (Wildman–Crippen MR) is 141 cm³/mol. The van der Waals surface area contributed by atoms with E-state index in [0.29, 0.717) is 30.5 Å². The maximum atomic E-state index is 12.5. The van der Waals surface area contributed by atoms with Gasteiger partial charge < -0.3 is 14.0 Å². The number of halogens is 1. The highest BCUT2D eigenvalue weighted by atomic mass is 35.5.